The van der Waals surface area contributed by atoms with Gasteiger partial charge in [0.1, 0.15) is 5.82 Å². The van der Waals surface area contributed by atoms with Gasteiger partial charge in [0, 0.05) is 17.5 Å². The molecule has 1 aromatic carbocycles. The Labute approximate surface area is 141 Å². The van der Waals surface area contributed by atoms with E-state index in [1.807, 2.05) is 31.5 Å². The third-order valence-electron chi connectivity index (χ3n) is 3.81. The number of sulfonamides is 1. The van der Waals surface area contributed by atoms with Crippen LogP contribution < -0.4 is 0 Å². The van der Waals surface area contributed by atoms with Gasteiger partial charge in [-0.2, -0.15) is 9.40 Å². The molecule has 2 heterocycles. The lowest BCUT2D eigenvalue weighted by molar-refractivity contribution is 0.353. The molecule has 0 aliphatic carbocycles. The fraction of sp³-hybridized carbons (Fsp3) is 0.353. The molecule has 0 saturated heterocycles. The SMILES string of the molecule is CC(C)(C)n1nc(CN2CC=CS2(=O)=O)cc1-c1ccc(F)cc1. The van der Waals surface area contributed by atoms with Crippen molar-refractivity contribution in [1.29, 1.82) is 0 Å². The Balaban J connectivity index is 2.00. The summed E-state index contributed by atoms with van der Waals surface area (Å²) in [5.74, 6) is -0.296. The first-order valence-electron chi connectivity index (χ1n) is 7.69. The second-order valence-corrected chi connectivity index (χ2v) is 8.64. The second kappa shape index (κ2) is 5.82. The standard InChI is InChI=1S/C17H20FN3O2S/c1-17(2,3)21-16(13-5-7-14(18)8-6-13)11-15(19-21)12-20-9-4-10-24(20,22)23/h4-8,10-11H,9,12H2,1-3H3. The molecule has 0 unspecified atom stereocenters. The fourth-order valence-electron chi connectivity index (χ4n) is 2.65. The average Bonchev–Trinajstić information content (AvgIpc) is 3.04. The predicted molar refractivity (Wildman–Crippen MR) is 91.1 cm³/mol. The lowest BCUT2D eigenvalue weighted by Gasteiger charge is -2.22. The molecule has 1 aromatic heterocycles. The number of aromatic nitrogens is 2. The van der Waals surface area contributed by atoms with Crippen LogP contribution in [0.25, 0.3) is 11.3 Å². The lowest BCUT2D eigenvalue weighted by Crippen LogP contribution is -2.26. The van der Waals surface area contributed by atoms with Gasteiger partial charge in [0.15, 0.2) is 0 Å². The van der Waals surface area contributed by atoms with Gasteiger partial charge in [0.2, 0.25) is 10.0 Å². The first-order valence-corrected chi connectivity index (χ1v) is 9.19. The number of hydrogen-bond donors (Lipinski definition) is 0. The first-order chi connectivity index (χ1) is 11.2. The minimum absolute atomic E-state index is 0.215. The highest BCUT2D eigenvalue weighted by molar-refractivity contribution is 7.92. The molecule has 3 rings (SSSR count). The number of rotatable bonds is 3. The summed E-state index contributed by atoms with van der Waals surface area (Å²) in [6.07, 6.45) is 1.62. The minimum Gasteiger partial charge on any atom is -0.259 e. The van der Waals surface area contributed by atoms with Crippen LogP contribution in [0.3, 0.4) is 0 Å². The molecular formula is C17H20FN3O2S. The zero-order valence-corrected chi connectivity index (χ0v) is 14.7. The van der Waals surface area contributed by atoms with Gasteiger partial charge in [-0.15, -0.1) is 0 Å². The Kier molecular flexibility index (Phi) is 4.09. The van der Waals surface area contributed by atoms with E-state index < -0.39 is 10.0 Å². The molecule has 0 amide bonds. The summed E-state index contributed by atoms with van der Waals surface area (Å²) in [5, 5.41) is 5.82. The third kappa shape index (κ3) is 3.27. The van der Waals surface area contributed by atoms with Crippen LogP contribution in [-0.2, 0) is 22.1 Å². The Bertz CT molecular complexity index is 878. The normalized spacial score (nSPS) is 17.5. The molecule has 24 heavy (non-hydrogen) atoms. The van der Waals surface area contributed by atoms with Crippen molar-refractivity contribution in [3.63, 3.8) is 0 Å². The molecule has 0 fully saturated rings. The van der Waals surface area contributed by atoms with Gasteiger partial charge in [-0.05, 0) is 51.1 Å². The monoisotopic (exact) mass is 349 g/mol. The van der Waals surface area contributed by atoms with Crippen molar-refractivity contribution in [2.75, 3.05) is 6.54 Å². The maximum atomic E-state index is 13.2. The van der Waals surface area contributed by atoms with Gasteiger partial charge in [-0.25, -0.2) is 12.8 Å². The van der Waals surface area contributed by atoms with E-state index in [1.165, 1.54) is 21.8 Å². The molecule has 0 saturated carbocycles. The number of halogens is 1. The van der Waals surface area contributed by atoms with Crippen LogP contribution in [0.15, 0.2) is 41.8 Å². The third-order valence-corrected chi connectivity index (χ3v) is 5.35. The number of nitrogens with zero attached hydrogens (tertiary/aromatic N) is 3. The molecule has 2 aromatic rings. The highest BCUT2D eigenvalue weighted by Gasteiger charge is 2.26. The largest absolute Gasteiger partial charge is 0.259 e. The smallest absolute Gasteiger partial charge is 0.236 e. The van der Waals surface area contributed by atoms with Crippen molar-refractivity contribution in [2.24, 2.45) is 0 Å². The van der Waals surface area contributed by atoms with Crippen LogP contribution in [0.4, 0.5) is 4.39 Å². The average molecular weight is 349 g/mol. The van der Waals surface area contributed by atoms with E-state index in [0.29, 0.717) is 12.2 Å². The van der Waals surface area contributed by atoms with Crippen molar-refractivity contribution in [1.82, 2.24) is 14.1 Å². The molecule has 5 nitrogen and oxygen atoms in total. The van der Waals surface area contributed by atoms with Gasteiger partial charge in [-0.3, -0.25) is 4.68 Å². The molecule has 0 N–H and O–H groups in total. The number of hydrogen-bond acceptors (Lipinski definition) is 3. The van der Waals surface area contributed by atoms with Crippen LogP contribution in [-0.4, -0.2) is 29.0 Å². The molecule has 1 aliphatic rings. The Morgan fingerprint density at radius 3 is 2.42 bits per heavy atom. The molecule has 0 atom stereocenters. The lowest BCUT2D eigenvalue weighted by atomic mass is 10.1. The minimum atomic E-state index is -3.34. The summed E-state index contributed by atoms with van der Waals surface area (Å²) in [5.41, 5.74) is 2.05. The van der Waals surface area contributed by atoms with Gasteiger partial charge >= 0.3 is 0 Å². The molecule has 0 radical (unpaired) electrons. The van der Waals surface area contributed by atoms with E-state index in [2.05, 4.69) is 5.10 Å². The van der Waals surface area contributed by atoms with Crippen molar-refractivity contribution in [3.8, 4) is 11.3 Å². The molecular weight excluding hydrogens is 329 g/mol. The summed E-state index contributed by atoms with van der Waals surface area (Å²) < 4.78 is 40.3. The fourth-order valence-corrected chi connectivity index (χ4v) is 3.76. The topological polar surface area (TPSA) is 55.2 Å². The quantitative estimate of drug-likeness (QED) is 0.856. The summed E-state index contributed by atoms with van der Waals surface area (Å²) >= 11 is 0. The van der Waals surface area contributed by atoms with E-state index in [1.54, 1.807) is 18.2 Å². The summed E-state index contributed by atoms with van der Waals surface area (Å²) in [6.45, 7) is 6.63. The van der Waals surface area contributed by atoms with Gasteiger partial charge in [0.25, 0.3) is 0 Å². The Morgan fingerprint density at radius 1 is 1.21 bits per heavy atom. The maximum absolute atomic E-state index is 13.2. The van der Waals surface area contributed by atoms with Crippen LogP contribution in [0.2, 0.25) is 0 Å². The molecule has 0 bridgehead atoms. The Hall–Kier alpha value is -1.99. The van der Waals surface area contributed by atoms with Gasteiger partial charge < -0.3 is 0 Å². The first kappa shape index (κ1) is 16.9. The van der Waals surface area contributed by atoms with Crippen molar-refractivity contribution >= 4 is 10.0 Å². The predicted octanol–water partition coefficient (Wildman–Crippen LogP) is 3.10. The maximum Gasteiger partial charge on any atom is 0.236 e. The van der Waals surface area contributed by atoms with Crippen molar-refractivity contribution in [2.45, 2.75) is 32.9 Å². The van der Waals surface area contributed by atoms with Gasteiger partial charge in [-0.1, -0.05) is 6.08 Å². The molecule has 1 aliphatic heterocycles. The summed E-state index contributed by atoms with van der Waals surface area (Å²) in [6, 6.07) is 8.08. The van der Waals surface area contributed by atoms with Crippen LogP contribution >= 0.6 is 0 Å². The summed E-state index contributed by atoms with van der Waals surface area (Å²) in [4.78, 5) is 0. The van der Waals surface area contributed by atoms with E-state index in [9.17, 15) is 12.8 Å². The molecule has 128 valence electrons. The Morgan fingerprint density at radius 2 is 1.88 bits per heavy atom. The zero-order chi connectivity index (χ0) is 17.5. The van der Waals surface area contributed by atoms with Crippen LogP contribution in [0.1, 0.15) is 26.5 Å². The highest BCUT2D eigenvalue weighted by atomic mass is 32.2. The van der Waals surface area contributed by atoms with E-state index in [4.69, 9.17) is 0 Å². The second-order valence-electron chi connectivity index (χ2n) is 6.82. The van der Waals surface area contributed by atoms with Crippen LogP contribution in [0.5, 0.6) is 0 Å². The zero-order valence-electron chi connectivity index (χ0n) is 13.9. The van der Waals surface area contributed by atoms with Crippen LogP contribution in [0, 0.1) is 5.82 Å². The van der Waals surface area contributed by atoms with E-state index in [-0.39, 0.29) is 17.9 Å². The number of benzene rings is 1. The molecule has 7 heteroatoms. The van der Waals surface area contributed by atoms with Crippen molar-refractivity contribution in [3.05, 3.63) is 53.3 Å². The van der Waals surface area contributed by atoms with Gasteiger partial charge in [0.05, 0.1) is 23.5 Å². The molecule has 0 spiro atoms. The van der Waals surface area contributed by atoms with Crippen molar-refractivity contribution < 1.29 is 12.8 Å². The van der Waals surface area contributed by atoms with E-state index >= 15 is 0 Å². The summed E-state index contributed by atoms with van der Waals surface area (Å²) in [7, 11) is -3.34. The van der Waals surface area contributed by atoms with E-state index in [0.717, 1.165) is 11.3 Å². The highest BCUT2D eigenvalue weighted by Crippen LogP contribution is 2.28.